The highest BCUT2D eigenvalue weighted by atomic mass is 16.6. The van der Waals surface area contributed by atoms with Crippen molar-refractivity contribution in [2.24, 2.45) is 0 Å². The van der Waals surface area contributed by atoms with Crippen molar-refractivity contribution in [2.75, 3.05) is 18.5 Å². The Morgan fingerprint density at radius 3 is 2.46 bits per heavy atom. The van der Waals surface area contributed by atoms with Crippen molar-refractivity contribution in [1.29, 1.82) is 0 Å². The molecule has 0 spiro atoms. The summed E-state index contributed by atoms with van der Waals surface area (Å²) in [6.45, 7) is 2.26. The van der Waals surface area contributed by atoms with Crippen LogP contribution in [0.5, 0.6) is 11.5 Å². The number of carbonyl (C=O) groups is 2. The van der Waals surface area contributed by atoms with Crippen LogP contribution in [0.2, 0.25) is 0 Å². The molecule has 0 aromatic heterocycles. The number of aliphatic carboxylic acids is 1. The van der Waals surface area contributed by atoms with Crippen molar-refractivity contribution in [3.63, 3.8) is 0 Å². The third-order valence-electron chi connectivity index (χ3n) is 3.63. The molecule has 9 nitrogen and oxygen atoms in total. The Hall–Kier alpha value is -3.62. The fourth-order valence-electron chi connectivity index (χ4n) is 2.33. The van der Waals surface area contributed by atoms with E-state index in [0.717, 1.165) is 0 Å². The van der Waals surface area contributed by atoms with Gasteiger partial charge in [-0.05, 0) is 49.7 Å². The van der Waals surface area contributed by atoms with Crippen LogP contribution in [0.15, 0.2) is 42.5 Å². The summed E-state index contributed by atoms with van der Waals surface area (Å²) in [5, 5.41) is 22.4. The first-order valence-electron chi connectivity index (χ1n) is 8.58. The molecule has 0 radical (unpaired) electrons. The lowest BCUT2D eigenvalue weighted by Crippen LogP contribution is -2.12. The van der Waals surface area contributed by atoms with Gasteiger partial charge in [-0.2, -0.15) is 0 Å². The third-order valence-corrected chi connectivity index (χ3v) is 3.63. The highest BCUT2D eigenvalue weighted by Gasteiger charge is 2.18. The summed E-state index contributed by atoms with van der Waals surface area (Å²) in [4.78, 5) is 33.4. The molecule has 0 unspecified atom stereocenters. The van der Waals surface area contributed by atoms with Gasteiger partial charge in [0.2, 0.25) is 0 Å². The number of carboxylic acid groups (broad SMARTS) is 1. The SMILES string of the molecule is CCOc1ccc(C(=O)Nc2ccc(OCCCC(=O)O)cc2)cc1[N+](=O)[O-]. The van der Waals surface area contributed by atoms with Crippen molar-refractivity contribution in [3.05, 3.63) is 58.1 Å². The van der Waals surface area contributed by atoms with Crippen LogP contribution in [0, 0.1) is 10.1 Å². The normalized spacial score (nSPS) is 10.2. The van der Waals surface area contributed by atoms with E-state index in [9.17, 15) is 19.7 Å². The summed E-state index contributed by atoms with van der Waals surface area (Å²) in [7, 11) is 0. The van der Waals surface area contributed by atoms with Crippen molar-refractivity contribution in [3.8, 4) is 11.5 Å². The molecule has 0 atom stereocenters. The van der Waals surface area contributed by atoms with Crippen LogP contribution < -0.4 is 14.8 Å². The fourth-order valence-corrected chi connectivity index (χ4v) is 2.33. The second-order valence-corrected chi connectivity index (χ2v) is 5.70. The van der Waals surface area contributed by atoms with E-state index in [1.54, 1.807) is 31.2 Å². The Kier molecular flexibility index (Phi) is 7.32. The van der Waals surface area contributed by atoms with E-state index in [2.05, 4.69) is 5.32 Å². The minimum atomic E-state index is -0.879. The van der Waals surface area contributed by atoms with Crippen LogP contribution >= 0.6 is 0 Å². The molecule has 0 saturated carbocycles. The van der Waals surface area contributed by atoms with E-state index < -0.39 is 16.8 Å². The molecule has 0 bridgehead atoms. The minimum Gasteiger partial charge on any atom is -0.494 e. The van der Waals surface area contributed by atoms with Gasteiger partial charge >= 0.3 is 11.7 Å². The number of hydrogen-bond acceptors (Lipinski definition) is 6. The zero-order chi connectivity index (χ0) is 20.5. The lowest BCUT2D eigenvalue weighted by atomic mass is 10.1. The first-order valence-corrected chi connectivity index (χ1v) is 8.58. The molecule has 0 aliphatic carbocycles. The molecule has 2 rings (SSSR count). The summed E-state index contributed by atoms with van der Waals surface area (Å²) >= 11 is 0. The van der Waals surface area contributed by atoms with Gasteiger partial charge in [-0.15, -0.1) is 0 Å². The lowest BCUT2D eigenvalue weighted by molar-refractivity contribution is -0.385. The number of carboxylic acids is 1. The molecule has 2 aromatic rings. The number of benzene rings is 2. The number of carbonyl (C=O) groups excluding carboxylic acids is 1. The molecule has 148 valence electrons. The Labute approximate surface area is 161 Å². The summed E-state index contributed by atoms with van der Waals surface area (Å²) in [6, 6.07) is 10.5. The van der Waals surface area contributed by atoms with Crippen molar-refractivity contribution < 1.29 is 29.1 Å². The zero-order valence-electron chi connectivity index (χ0n) is 15.2. The number of anilines is 1. The Morgan fingerprint density at radius 1 is 1.14 bits per heavy atom. The van der Waals surface area contributed by atoms with Gasteiger partial charge in [0, 0.05) is 23.7 Å². The molecule has 9 heteroatoms. The van der Waals surface area contributed by atoms with Gasteiger partial charge in [-0.25, -0.2) is 0 Å². The van der Waals surface area contributed by atoms with Crippen molar-refractivity contribution >= 4 is 23.3 Å². The van der Waals surface area contributed by atoms with Gasteiger partial charge in [0.25, 0.3) is 5.91 Å². The Morgan fingerprint density at radius 2 is 1.86 bits per heavy atom. The average molecular weight is 388 g/mol. The first kappa shape index (κ1) is 20.7. The maximum atomic E-state index is 12.4. The smallest absolute Gasteiger partial charge is 0.311 e. The summed E-state index contributed by atoms with van der Waals surface area (Å²) in [5.74, 6) is -0.731. The van der Waals surface area contributed by atoms with Gasteiger partial charge in [-0.3, -0.25) is 19.7 Å². The Bertz CT molecular complexity index is 850. The topological polar surface area (TPSA) is 128 Å². The second-order valence-electron chi connectivity index (χ2n) is 5.70. The van der Waals surface area contributed by atoms with E-state index in [1.807, 2.05) is 0 Å². The number of nitrogens with one attached hydrogen (secondary N) is 1. The minimum absolute atomic E-state index is 0.0301. The van der Waals surface area contributed by atoms with Gasteiger partial charge < -0.3 is 19.9 Å². The second kappa shape index (κ2) is 9.91. The molecule has 0 heterocycles. The van der Waals surface area contributed by atoms with Gasteiger partial charge in [0.1, 0.15) is 5.75 Å². The molecule has 28 heavy (non-hydrogen) atoms. The van der Waals surface area contributed by atoms with E-state index in [4.69, 9.17) is 14.6 Å². The number of nitro groups is 1. The zero-order valence-corrected chi connectivity index (χ0v) is 15.2. The number of amides is 1. The Balaban J connectivity index is 1.99. The van der Waals surface area contributed by atoms with Crippen LogP contribution in [-0.4, -0.2) is 35.1 Å². The van der Waals surface area contributed by atoms with E-state index in [1.165, 1.54) is 18.2 Å². The number of rotatable bonds is 10. The number of hydrogen-bond donors (Lipinski definition) is 2. The van der Waals surface area contributed by atoms with Crippen molar-refractivity contribution in [1.82, 2.24) is 0 Å². The predicted octanol–water partition coefficient (Wildman–Crippen LogP) is 3.49. The maximum absolute atomic E-state index is 12.4. The molecule has 0 aliphatic heterocycles. The predicted molar refractivity (Wildman–Crippen MR) is 101 cm³/mol. The summed E-state index contributed by atoms with van der Waals surface area (Å²) in [6.07, 6.45) is 0.423. The molecule has 2 aromatic carbocycles. The van der Waals surface area contributed by atoms with Gasteiger partial charge in [-0.1, -0.05) is 0 Å². The third kappa shape index (κ3) is 5.97. The average Bonchev–Trinajstić information content (AvgIpc) is 2.66. The molecule has 1 amide bonds. The van der Waals surface area contributed by atoms with Crippen LogP contribution in [0.25, 0.3) is 0 Å². The molecule has 0 saturated heterocycles. The van der Waals surface area contributed by atoms with Crippen LogP contribution in [-0.2, 0) is 4.79 Å². The largest absolute Gasteiger partial charge is 0.494 e. The standard InChI is InChI=1S/C19H20N2O7/c1-2-27-17-10-5-13(12-16(17)21(25)26)19(24)20-14-6-8-15(9-7-14)28-11-3-4-18(22)23/h5-10,12H,2-4,11H2,1H3,(H,20,24)(H,22,23). The van der Waals surface area contributed by atoms with E-state index in [0.29, 0.717) is 17.9 Å². The molecular weight excluding hydrogens is 368 g/mol. The van der Waals surface area contributed by atoms with Gasteiger partial charge in [0.15, 0.2) is 5.75 Å². The highest BCUT2D eigenvalue weighted by Crippen LogP contribution is 2.28. The molecule has 2 N–H and O–H groups in total. The quantitative estimate of drug-likeness (QED) is 0.362. The molecule has 0 fully saturated rings. The number of nitro benzene ring substituents is 1. The van der Waals surface area contributed by atoms with Crippen LogP contribution in [0.4, 0.5) is 11.4 Å². The van der Waals surface area contributed by atoms with Crippen molar-refractivity contribution in [2.45, 2.75) is 19.8 Å². The summed E-state index contributed by atoms with van der Waals surface area (Å²) in [5.41, 5.74) is 0.336. The monoisotopic (exact) mass is 388 g/mol. The van der Waals surface area contributed by atoms with E-state index in [-0.39, 0.29) is 36.6 Å². The molecule has 0 aliphatic rings. The highest BCUT2D eigenvalue weighted by molar-refractivity contribution is 6.04. The first-order chi connectivity index (χ1) is 13.4. The number of nitrogens with zero attached hydrogens (tertiary/aromatic N) is 1. The van der Waals surface area contributed by atoms with Gasteiger partial charge in [0.05, 0.1) is 18.1 Å². The van der Waals surface area contributed by atoms with Crippen LogP contribution in [0.1, 0.15) is 30.1 Å². The fraction of sp³-hybridized carbons (Fsp3) is 0.263. The molecular formula is C19H20N2O7. The number of ether oxygens (including phenoxy) is 2. The van der Waals surface area contributed by atoms with E-state index >= 15 is 0 Å². The maximum Gasteiger partial charge on any atom is 0.311 e. The lowest BCUT2D eigenvalue weighted by Gasteiger charge is -2.09. The summed E-state index contributed by atoms with van der Waals surface area (Å²) < 4.78 is 10.6. The van der Waals surface area contributed by atoms with Crippen LogP contribution in [0.3, 0.4) is 0 Å².